The zero-order valence-corrected chi connectivity index (χ0v) is 12.9. The summed E-state index contributed by atoms with van der Waals surface area (Å²) in [4.78, 5) is 12.0. The molecule has 4 heteroatoms. The molecular weight excluding hydrogens is 278 g/mol. The molecule has 0 spiro atoms. The van der Waals surface area contributed by atoms with E-state index in [1.165, 1.54) is 5.56 Å². The van der Waals surface area contributed by atoms with Gasteiger partial charge in [0.2, 0.25) is 0 Å². The van der Waals surface area contributed by atoms with Crippen LogP contribution in [0.3, 0.4) is 0 Å². The second kappa shape index (κ2) is 7.61. The van der Waals surface area contributed by atoms with Crippen LogP contribution in [0.4, 0.5) is 5.69 Å². The summed E-state index contributed by atoms with van der Waals surface area (Å²) in [6.45, 7) is 4.00. The van der Waals surface area contributed by atoms with Gasteiger partial charge in [0.15, 0.2) is 6.61 Å². The first-order chi connectivity index (χ1) is 10.6. The fourth-order valence-electron chi connectivity index (χ4n) is 2.09. The molecule has 2 aromatic rings. The second-order valence-corrected chi connectivity index (χ2v) is 5.38. The summed E-state index contributed by atoms with van der Waals surface area (Å²) >= 11 is 0. The Labute approximate surface area is 130 Å². The van der Waals surface area contributed by atoms with E-state index >= 15 is 0 Å². The molecule has 2 aromatic carbocycles. The summed E-state index contributed by atoms with van der Waals surface area (Å²) in [5, 5.41) is 12.0. The first-order valence-corrected chi connectivity index (χ1v) is 7.31. The van der Waals surface area contributed by atoms with Crippen LogP contribution < -0.4 is 10.1 Å². The van der Waals surface area contributed by atoms with Gasteiger partial charge in [-0.1, -0.05) is 44.2 Å². The third kappa shape index (κ3) is 4.33. The van der Waals surface area contributed by atoms with Crippen LogP contribution in [0.2, 0.25) is 0 Å². The van der Waals surface area contributed by atoms with Gasteiger partial charge in [0.1, 0.15) is 5.75 Å². The van der Waals surface area contributed by atoms with Crippen molar-refractivity contribution >= 4 is 11.6 Å². The van der Waals surface area contributed by atoms with Crippen molar-refractivity contribution in [3.63, 3.8) is 0 Å². The third-order valence-electron chi connectivity index (χ3n) is 3.34. The lowest BCUT2D eigenvalue weighted by Gasteiger charge is -2.11. The van der Waals surface area contributed by atoms with Gasteiger partial charge in [-0.2, -0.15) is 0 Å². The normalized spacial score (nSPS) is 10.5. The zero-order valence-electron chi connectivity index (χ0n) is 12.9. The summed E-state index contributed by atoms with van der Waals surface area (Å²) in [6, 6.07) is 14.9. The van der Waals surface area contributed by atoms with Crippen molar-refractivity contribution in [2.45, 2.75) is 26.4 Å². The van der Waals surface area contributed by atoms with Gasteiger partial charge < -0.3 is 15.2 Å². The van der Waals surface area contributed by atoms with Crippen molar-refractivity contribution in [2.24, 2.45) is 0 Å². The molecule has 0 aliphatic carbocycles. The van der Waals surface area contributed by atoms with Gasteiger partial charge in [-0.05, 0) is 29.7 Å². The molecule has 0 radical (unpaired) electrons. The van der Waals surface area contributed by atoms with Crippen LogP contribution in [-0.4, -0.2) is 17.6 Å². The number of benzene rings is 2. The molecule has 0 aromatic heterocycles. The van der Waals surface area contributed by atoms with Gasteiger partial charge in [0.25, 0.3) is 5.91 Å². The molecule has 0 saturated carbocycles. The molecule has 0 heterocycles. The Hall–Kier alpha value is -2.33. The first-order valence-electron chi connectivity index (χ1n) is 7.31. The number of aliphatic hydroxyl groups is 1. The number of rotatable bonds is 6. The average molecular weight is 299 g/mol. The van der Waals surface area contributed by atoms with Crippen molar-refractivity contribution in [3.8, 4) is 5.75 Å². The molecule has 1 amide bonds. The predicted molar refractivity (Wildman–Crippen MR) is 87.0 cm³/mol. The Balaban J connectivity index is 1.94. The highest BCUT2D eigenvalue weighted by Crippen LogP contribution is 2.19. The van der Waals surface area contributed by atoms with E-state index in [0.29, 0.717) is 17.2 Å². The summed E-state index contributed by atoms with van der Waals surface area (Å²) in [6.07, 6.45) is 0. The number of hydrogen-bond acceptors (Lipinski definition) is 3. The summed E-state index contributed by atoms with van der Waals surface area (Å²) in [5.41, 5.74) is 2.59. The van der Waals surface area contributed by atoms with Crippen LogP contribution in [0.5, 0.6) is 5.75 Å². The van der Waals surface area contributed by atoms with Crippen LogP contribution in [-0.2, 0) is 11.4 Å². The van der Waals surface area contributed by atoms with Crippen molar-refractivity contribution in [1.29, 1.82) is 0 Å². The minimum atomic E-state index is -0.228. The van der Waals surface area contributed by atoms with Gasteiger partial charge in [0, 0.05) is 11.3 Å². The molecule has 2 rings (SSSR count). The van der Waals surface area contributed by atoms with E-state index in [4.69, 9.17) is 4.74 Å². The van der Waals surface area contributed by atoms with Crippen molar-refractivity contribution in [3.05, 3.63) is 59.7 Å². The molecule has 0 aliphatic rings. The van der Waals surface area contributed by atoms with Gasteiger partial charge in [-0.3, -0.25) is 4.79 Å². The van der Waals surface area contributed by atoms with Crippen molar-refractivity contribution < 1.29 is 14.6 Å². The van der Waals surface area contributed by atoms with E-state index in [0.717, 1.165) is 5.69 Å². The Bertz CT molecular complexity index is 638. The van der Waals surface area contributed by atoms with Crippen molar-refractivity contribution in [1.82, 2.24) is 0 Å². The Morgan fingerprint density at radius 1 is 1.18 bits per heavy atom. The summed E-state index contributed by atoms with van der Waals surface area (Å²) in [7, 11) is 0. The Morgan fingerprint density at radius 3 is 2.68 bits per heavy atom. The lowest BCUT2D eigenvalue weighted by Crippen LogP contribution is -2.20. The van der Waals surface area contributed by atoms with E-state index in [1.54, 1.807) is 18.2 Å². The lowest BCUT2D eigenvalue weighted by atomic mass is 10.0. The molecule has 0 unspecified atom stereocenters. The number of anilines is 1. The van der Waals surface area contributed by atoms with Gasteiger partial charge in [-0.25, -0.2) is 0 Å². The van der Waals surface area contributed by atoms with Gasteiger partial charge >= 0.3 is 0 Å². The lowest BCUT2D eigenvalue weighted by molar-refractivity contribution is -0.118. The molecule has 116 valence electrons. The van der Waals surface area contributed by atoms with Crippen LogP contribution in [0.15, 0.2) is 48.5 Å². The van der Waals surface area contributed by atoms with Crippen LogP contribution in [0.1, 0.15) is 30.9 Å². The molecule has 0 bridgehead atoms. The van der Waals surface area contributed by atoms with Crippen molar-refractivity contribution in [2.75, 3.05) is 11.9 Å². The maximum Gasteiger partial charge on any atom is 0.262 e. The maximum atomic E-state index is 12.0. The topological polar surface area (TPSA) is 58.6 Å². The number of carbonyl (C=O) groups is 1. The van der Waals surface area contributed by atoms with Crippen LogP contribution in [0, 0.1) is 0 Å². The second-order valence-electron chi connectivity index (χ2n) is 5.38. The quantitative estimate of drug-likeness (QED) is 0.860. The smallest absolute Gasteiger partial charge is 0.262 e. The zero-order chi connectivity index (χ0) is 15.9. The monoisotopic (exact) mass is 299 g/mol. The van der Waals surface area contributed by atoms with Gasteiger partial charge in [0.05, 0.1) is 6.61 Å². The number of carbonyl (C=O) groups excluding carboxylic acids is 1. The largest absolute Gasteiger partial charge is 0.483 e. The summed E-state index contributed by atoms with van der Waals surface area (Å²) < 4.78 is 5.47. The molecule has 22 heavy (non-hydrogen) atoms. The molecule has 2 N–H and O–H groups in total. The molecular formula is C18H21NO3. The number of para-hydroxylation sites is 1. The van der Waals surface area contributed by atoms with E-state index in [9.17, 15) is 9.90 Å². The standard InChI is InChI=1S/C18H21NO3/c1-13(2)14-7-5-8-16(10-14)19-18(21)12-22-17-9-4-3-6-15(17)11-20/h3-10,13,20H,11-12H2,1-2H3,(H,19,21). The summed E-state index contributed by atoms with van der Waals surface area (Å²) in [5.74, 6) is 0.703. The van der Waals surface area contributed by atoms with Gasteiger partial charge in [-0.15, -0.1) is 0 Å². The minimum absolute atomic E-state index is 0.0943. The first kappa shape index (κ1) is 16.0. The Kier molecular flexibility index (Phi) is 5.55. The van der Waals surface area contributed by atoms with E-state index in [2.05, 4.69) is 19.2 Å². The fourth-order valence-corrected chi connectivity index (χ4v) is 2.09. The third-order valence-corrected chi connectivity index (χ3v) is 3.34. The van der Waals surface area contributed by atoms with Crippen LogP contribution in [0.25, 0.3) is 0 Å². The number of aliphatic hydroxyl groups excluding tert-OH is 1. The maximum absolute atomic E-state index is 12.0. The van der Waals surface area contributed by atoms with E-state index in [-0.39, 0.29) is 19.1 Å². The van der Waals surface area contributed by atoms with E-state index in [1.807, 2.05) is 30.3 Å². The highest BCUT2D eigenvalue weighted by atomic mass is 16.5. The molecule has 0 saturated heterocycles. The number of amides is 1. The van der Waals surface area contributed by atoms with E-state index < -0.39 is 0 Å². The molecule has 4 nitrogen and oxygen atoms in total. The highest BCUT2D eigenvalue weighted by molar-refractivity contribution is 5.91. The molecule has 0 atom stereocenters. The SMILES string of the molecule is CC(C)c1cccc(NC(=O)COc2ccccc2CO)c1. The number of ether oxygens (including phenoxy) is 1. The number of nitrogens with one attached hydrogen (secondary N) is 1. The molecule has 0 aliphatic heterocycles. The van der Waals surface area contributed by atoms with Crippen LogP contribution >= 0.6 is 0 Å². The molecule has 0 fully saturated rings. The number of hydrogen-bond donors (Lipinski definition) is 2. The highest BCUT2D eigenvalue weighted by Gasteiger charge is 2.07. The minimum Gasteiger partial charge on any atom is -0.483 e. The predicted octanol–water partition coefficient (Wildman–Crippen LogP) is 3.32. The average Bonchev–Trinajstić information content (AvgIpc) is 2.53. The fraction of sp³-hybridized carbons (Fsp3) is 0.278. The Morgan fingerprint density at radius 2 is 1.95 bits per heavy atom.